The Balaban J connectivity index is 0.00000144. The quantitative estimate of drug-likeness (QED) is 0.744. The lowest BCUT2D eigenvalue weighted by Crippen LogP contribution is -2.47. The SMILES string of the molecule is Cl.Cl.NCC1(CC(=O)NC2CCN(CC3CC3)CC2)CCCCC1. The number of halogens is 2. The van der Waals surface area contributed by atoms with Crippen LogP contribution in [0, 0.1) is 11.3 Å². The van der Waals surface area contributed by atoms with Gasteiger partial charge in [0.2, 0.25) is 5.91 Å². The first-order valence-corrected chi connectivity index (χ1v) is 9.41. The van der Waals surface area contributed by atoms with Gasteiger partial charge in [0.15, 0.2) is 0 Å². The highest BCUT2D eigenvalue weighted by atomic mass is 35.5. The number of hydrogen-bond donors (Lipinski definition) is 2. The van der Waals surface area contributed by atoms with Crippen LogP contribution in [0.4, 0.5) is 0 Å². The van der Waals surface area contributed by atoms with Gasteiger partial charge in [-0.2, -0.15) is 0 Å². The number of carbonyl (C=O) groups excluding carboxylic acids is 1. The van der Waals surface area contributed by atoms with E-state index in [-0.39, 0.29) is 36.1 Å². The summed E-state index contributed by atoms with van der Waals surface area (Å²) in [5, 5.41) is 3.29. The number of rotatable bonds is 6. The molecule has 1 amide bonds. The second-order valence-electron chi connectivity index (χ2n) is 8.03. The molecule has 6 heteroatoms. The molecule has 1 aliphatic heterocycles. The Kier molecular flexibility index (Phi) is 9.35. The van der Waals surface area contributed by atoms with E-state index in [2.05, 4.69) is 10.2 Å². The Morgan fingerprint density at radius 1 is 1.04 bits per heavy atom. The maximum absolute atomic E-state index is 12.4. The fraction of sp³-hybridized carbons (Fsp3) is 0.944. The molecule has 24 heavy (non-hydrogen) atoms. The standard InChI is InChI=1S/C18H33N3O.2ClH/c19-14-18(8-2-1-3-9-18)12-17(22)20-16-6-10-21(11-7-16)13-15-4-5-15;;/h15-16H,1-14,19H2,(H,20,22);2*1H. The zero-order chi connectivity index (χ0) is 15.4. The van der Waals surface area contributed by atoms with Gasteiger partial charge in [0.05, 0.1) is 0 Å². The molecule has 2 saturated carbocycles. The molecule has 3 rings (SSSR count). The van der Waals surface area contributed by atoms with Crippen molar-refractivity contribution < 1.29 is 4.79 Å². The minimum atomic E-state index is 0. The van der Waals surface area contributed by atoms with Gasteiger partial charge in [-0.1, -0.05) is 19.3 Å². The van der Waals surface area contributed by atoms with Crippen LogP contribution in [0.5, 0.6) is 0 Å². The lowest BCUT2D eigenvalue weighted by atomic mass is 9.71. The van der Waals surface area contributed by atoms with E-state index in [4.69, 9.17) is 5.73 Å². The highest BCUT2D eigenvalue weighted by molar-refractivity contribution is 5.85. The fourth-order valence-electron chi connectivity index (χ4n) is 4.30. The number of nitrogens with two attached hydrogens (primary N) is 1. The molecule has 0 aromatic rings. The molecule has 142 valence electrons. The van der Waals surface area contributed by atoms with Crippen LogP contribution in [0.2, 0.25) is 0 Å². The number of carbonyl (C=O) groups is 1. The summed E-state index contributed by atoms with van der Waals surface area (Å²) in [5.41, 5.74) is 6.10. The number of likely N-dealkylation sites (tertiary alicyclic amines) is 1. The van der Waals surface area contributed by atoms with Gasteiger partial charge in [0.1, 0.15) is 0 Å². The van der Waals surface area contributed by atoms with Crippen molar-refractivity contribution in [2.24, 2.45) is 17.1 Å². The van der Waals surface area contributed by atoms with E-state index in [1.807, 2.05) is 0 Å². The fourth-order valence-corrected chi connectivity index (χ4v) is 4.30. The number of hydrogen-bond acceptors (Lipinski definition) is 3. The van der Waals surface area contributed by atoms with Crippen LogP contribution in [-0.4, -0.2) is 43.0 Å². The first-order valence-electron chi connectivity index (χ1n) is 9.41. The molecule has 0 unspecified atom stereocenters. The highest BCUT2D eigenvalue weighted by Gasteiger charge is 2.34. The van der Waals surface area contributed by atoms with Crippen LogP contribution in [0.25, 0.3) is 0 Å². The Hall–Kier alpha value is -0.0300. The van der Waals surface area contributed by atoms with Gasteiger partial charge in [-0.25, -0.2) is 0 Å². The van der Waals surface area contributed by atoms with Gasteiger partial charge < -0.3 is 16.0 Å². The van der Waals surface area contributed by atoms with Crippen LogP contribution >= 0.6 is 24.8 Å². The van der Waals surface area contributed by atoms with Crippen molar-refractivity contribution in [1.29, 1.82) is 0 Å². The third-order valence-electron chi connectivity index (χ3n) is 6.05. The van der Waals surface area contributed by atoms with Crippen molar-refractivity contribution in [3.05, 3.63) is 0 Å². The van der Waals surface area contributed by atoms with E-state index >= 15 is 0 Å². The predicted molar refractivity (Wildman–Crippen MR) is 104 cm³/mol. The number of piperidine rings is 1. The van der Waals surface area contributed by atoms with E-state index in [1.165, 1.54) is 38.6 Å². The minimum Gasteiger partial charge on any atom is -0.353 e. The largest absolute Gasteiger partial charge is 0.353 e. The Morgan fingerprint density at radius 3 is 2.21 bits per heavy atom. The van der Waals surface area contributed by atoms with E-state index in [0.717, 1.165) is 44.7 Å². The molecule has 4 nitrogen and oxygen atoms in total. The molecular weight excluding hydrogens is 345 g/mol. The Labute approximate surface area is 159 Å². The van der Waals surface area contributed by atoms with Gasteiger partial charge in [0, 0.05) is 32.1 Å². The van der Waals surface area contributed by atoms with Crippen LogP contribution in [0.1, 0.15) is 64.2 Å². The normalized spacial score (nSPS) is 24.5. The topological polar surface area (TPSA) is 58.4 Å². The molecule has 0 radical (unpaired) electrons. The summed E-state index contributed by atoms with van der Waals surface area (Å²) >= 11 is 0. The summed E-state index contributed by atoms with van der Waals surface area (Å²) in [5.74, 6) is 1.22. The smallest absolute Gasteiger partial charge is 0.220 e. The van der Waals surface area contributed by atoms with Crippen molar-refractivity contribution >= 4 is 30.7 Å². The zero-order valence-corrected chi connectivity index (χ0v) is 16.4. The van der Waals surface area contributed by atoms with Crippen molar-refractivity contribution in [1.82, 2.24) is 10.2 Å². The summed E-state index contributed by atoms with van der Waals surface area (Å²) in [6, 6.07) is 0.390. The van der Waals surface area contributed by atoms with Crippen molar-refractivity contribution in [3.63, 3.8) is 0 Å². The molecule has 0 bridgehead atoms. The maximum atomic E-state index is 12.4. The summed E-state index contributed by atoms with van der Waals surface area (Å²) in [6.45, 7) is 4.27. The van der Waals surface area contributed by atoms with Gasteiger partial charge in [-0.05, 0) is 56.4 Å². The minimum absolute atomic E-state index is 0. The first kappa shape index (κ1) is 22.0. The molecule has 1 heterocycles. The van der Waals surface area contributed by atoms with Crippen LogP contribution in [0.15, 0.2) is 0 Å². The molecule has 3 N–H and O–H groups in total. The average molecular weight is 380 g/mol. The predicted octanol–water partition coefficient (Wildman–Crippen LogP) is 3.12. The molecule has 3 fully saturated rings. The number of amides is 1. The van der Waals surface area contributed by atoms with Crippen molar-refractivity contribution in [2.75, 3.05) is 26.2 Å². The van der Waals surface area contributed by atoms with Crippen LogP contribution in [-0.2, 0) is 4.79 Å². The average Bonchev–Trinajstić information content (AvgIpc) is 3.34. The molecule has 1 saturated heterocycles. The molecule has 2 aliphatic carbocycles. The molecule has 0 aromatic carbocycles. The third kappa shape index (κ3) is 6.36. The molecule has 0 aromatic heterocycles. The number of nitrogens with one attached hydrogen (secondary N) is 1. The van der Waals surface area contributed by atoms with E-state index in [1.54, 1.807) is 0 Å². The van der Waals surface area contributed by atoms with Crippen molar-refractivity contribution in [3.8, 4) is 0 Å². The van der Waals surface area contributed by atoms with Gasteiger partial charge >= 0.3 is 0 Å². The van der Waals surface area contributed by atoms with Gasteiger partial charge in [0.25, 0.3) is 0 Å². The lowest BCUT2D eigenvalue weighted by molar-refractivity contribution is -0.124. The molecule has 0 atom stereocenters. The summed E-state index contributed by atoms with van der Waals surface area (Å²) < 4.78 is 0. The van der Waals surface area contributed by atoms with E-state index < -0.39 is 0 Å². The summed E-state index contributed by atoms with van der Waals surface area (Å²) in [6.07, 6.45) is 11.8. The van der Waals surface area contributed by atoms with Crippen LogP contribution < -0.4 is 11.1 Å². The summed E-state index contributed by atoms with van der Waals surface area (Å²) in [4.78, 5) is 15.0. The van der Waals surface area contributed by atoms with Gasteiger partial charge in [-0.15, -0.1) is 24.8 Å². The van der Waals surface area contributed by atoms with Crippen LogP contribution in [0.3, 0.4) is 0 Å². The molecule has 0 spiro atoms. The first-order chi connectivity index (χ1) is 10.7. The van der Waals surface area contributed by atoms with Gasteiger partial charge in [-0.3, -0.25) is 4.79 Å². The van der Waals surface area contributed by atoms with E-state index in [9.17, 15) is 4.79 Å². The zero-order valence-electron chi connectivity index (χ0n) is 14.8. The number of nitrogens with zero attached hydrogens (tertiary/aromatic N) is 1. The third-order valence-corrected chi connectivity index (χ3v) is 6.05. The monoisotopic (exact) mass is 379 g/mol. The Bertz CT molecular complexity index is 376. The molecule has 3 aliphatic rings. The second kappa shape index (κ2) is 10.2. The molecular formula is C18H35Cl2N3O. The highest BCUT2D eigenvalue weighted by Crippen LogP contribution is 2.38. The second-order valence-corrected chi connectivity index (χ2v) is 8.03. The van der Waals surface area contributed by atoms with E-state index in [0.29, 0.717) is 19.0 Å². The van der Waals surface area contributed by atoms with Crippen molar-refractivity contribution in [2.45, 2.75) is 70.3 Å². The summed E-state index contributed by atoms with van der Waals surface area (Å²) in [7, 11) is 0. The maximum Gasteiger partial charge on any atom is 0.220 e. The lowest BCUT2D eigenvalue weighted by Gasteiger charge is -2.37. The Morgan fingerprint density at radius 2 is 1.67 bits per heavy atom.